The Morgan fingerprint density at radius 2 is 1.88 bits per heavy atom. The molecule has 0 aliphatic rings. The van der Waals surface area contributed by atoms with Crippen molar-refractivity contribution in [3.63, 3.8) is 0 Å². The van der Waals surface area contributed by atoms with Crippen LogP contribution in [-0.2, 0) is 16.1 Å². The first-order valence-corrected chi connectivity index (χ1v) is 8.91. The summed E-state index contributed by atoms with van der Waals surface area (Å²) in [5.41, 5.74) is 2.73. The minimum Gasteiger partial charge on any atom is -0.458 e. The first-order valence-electron chi connectivity index (χ1n) is 8.03. The van der Waals surface area contributed by atoms with Gasteiger partial charge in [0.15, 0.2) is 5.76 Å². The number of aryl methyl sites for hydroxylation is 1. The molecular weight excluding hydrogens is 334 g/mol. The van der Waals surface area contributed by atoms with E-state index in [0.717, 1.165) is 10.5 Å². The molecule has 1 atom stereocenters. The second-order valence-electron chi connectivity index (χ2n) is 5.73. The summed E-state index contributed by atoms with van der Waals surface area (Å²) >= 11 is 1.48. The minimum absolute atomic E-state index is 0.105. The highest BCUT2D eigenvalue weighted by Crippen LogP contribution is 2.25. The second-order valence-corrected chi connectivity index (χ2v) is 7.14. The predicted octanol–water partition coefficient (Wildman–Crippen LogP) is 4.87. The standard InChI is InChI=1S/C20H19NO3S/c1-14-8-10-18(11-9-14)25-15(2)20(22)23-13-17-12-19(24-21-17)16-6-4-3-5-7-16/h3-12,15H,13H2,1-2H3/t15-/m0/s1. The third-order valence-corrected chi connectivity index (χ3v) is 4.74. The van der Waals surface area contributed by atoms with Crippen LogP contribution >= 0.6 is 11.8 Å². The maximum absolute atomic E-state index is 12.2. The van der Waals surface area contributed by atoms with Gasteiger partial charge < -0.3 is 9.26 Å². The van der Waals surface area contributed by atoms with E-state index in [1.807, 2.05) is 68.4 Å². The molecule has 4 nitrogen and oxygen atoms in total. The van der Waals surface area contributed by atoms with Crippen LogP contribution in [0.3, 0.4) is 0 Å². The van der Waals surface area contributed by atoms with Crippen LogP contribution in [0.4, 0.5) is 0 Å². The predicted molar refractivity (Wildman–Crippen MR) is 98.2 cm³/mol. The Hall–Kier alpha value is -2.53. The van der Waals surface area contributed by atoms with E-state index in [1.54, 1.807) is 6.07 Å². The summed E-state index contributed by atoms with van der Waals surface area (Å²) in [5.74, 6) is 0.392. The average molecular weight is 353 g/mol. The van der Waals surface area contributed by atoms with E-state index in [4.69, 9.17) is 9.26 Å². The Morgan fingerprint density at radius 1 is 1.16 bits per heavy atom. The zero-order valence-electron chi connectivity index (χ0n) is 14.1. The van der Waals surface area contributed by atoms with Crippen molar-refractivity contribution in [3.05, 3.63) is 71.9 Å². The normalized spacial score (nSPS) is 11.9. The summed E-state index contributed by atoms with van der Waals surface area (Å²) in [6.45, 7) is 3.98. The molecule has 0 amide bonds. The highest BCUT2D eigenvalue weighted by molar-refractivity contribution is 8.00. The molecule has 3 aromatic rings. The van der Waals surface area contributed by atoms with Crippen LogP contribution < -0.4 is 0 Å². The van der Waals surface area contributed by atoms with E-state index in [-0.39, 0.29) is 17.8 Å². The molecule has 5 heteroatoms. The Kier molecular flexibility index (Phi) is 5.56. The number of hydrogen-bond donors (Lipinski definition) is 0. The molecule has 1 aromatic heterocycles. The summed E-state index contributed by atoms with van der Waals surface area (Å²) < 4.78 is 10.7. The van der Waals surface area contributed by atoms with Gasteiger partial charge in [0, 0.05) is 16.5 Å². The van der Waals surface area contributed by atoms with Gasteiger partial charge in [0.05, 0.1) is 0 Å². The molecule has 0 spiro atoms. The average Bonchev–Trinajstić information content (AvgIpc) is 3.11. The van der Waals surface area contributed by atoms with Crippen molar-refractivity contribution in [3.8, 4) is 11.3 Å². The molecule has 25 heavy (non-hydrogen) atoms. The van der Waals surface area contributed by atoms with E-state index >= 15 is 0 Å². The van der Waals surface area contributed by atoms with E-state index in [1.165, 1.54) is 17.3 Å². The van der Waals surface area contributed by atoms with Gasteiger partial charge in [-0.25, -0.2) is 0 Å². The van der Waals surface area contributed by atoms with Gasteiger partial charge in [-0.2, -0.15) is 0 Å². The molecule has 0 saturated heterocycles. The topological polar surface area (TPSA) is 52.3 Å². The summed E-state index contributed by atoms with van der Waals surface area (Å²) in [6, 6.07) is 19.6. The van der Waals surface area contributed by atoms with Gasteiger partial charge in [0.1, 0.15) is 17.6 Å². The zero-order valence-corrected chi connectivity index (χ0v) is 15.0. The largest absolute Gasteiger partial charge is 0.458 e. The number of carbonyl (C=O) groups excluding carboxylic acids is 1. The van der Waals surface area contributed by atoms with Gasteiger partial charge in [-0.3, -0.25) is 4.79 Å². The lowest BCUT2D eigenvalue weighted by atomic mass is 10.2. The van der Waals surface area contributed by atoms with E-state index in [0.29, 0.717) is 11.5 Å². The van der Waals surface area contributed by atoms with Crippen molar-refractivity contribution >= 4 is 17.7 Å². The number of aromatic nitrogens is 1. The number of rotatable bonds is 6. The van der Waals surface area contributed by atoms with Gasteiger partial charge in [0.25, 0.3) is 0 Å². The fourth-order valence-corrected chi connectivity index (χ4v) is 3.12. The van der Waals surface area contributed by atoms with Crippen LogP contribution in [0.2, 0.25) is 0 Å². The molecule has 0 unspecified atom stereocenters. The molecule has 0 aliphatic carbocycles. The van der Waals surface area contributed by atoms with Crippen LogP contribution in [-0.4, -0.2) is 16.4 Å². The van der Waals surface area contributed by atoms with E-state index in [9.17, 15) is 4.79 Å². The van der Waals surface area contributed by atoms with Gasteiger partial charge in [-0.15, -0.1) is 11.8 Å². The van der Waals surface area contributed by atoms with E-state index in [2.05, 4.69) is 5.16 Å². The van der Waals surface area contributed by atoms with Crippen LogP contribution in [0.1, 0.15) is 18.2 Å². The number of carbonyl (C=O) groups is 1. The summed E-state index contributed by atoms with van der Waals surface area (Å²) in [4.78, 5) is 13.2. The molecule has 3 rings (SSSR count). The van der Waals surface area contributed by atoms with E-state index < -0.39 is 0 Å². The number of hydrogen-bond acceptors (Lipinski definition) is 5. The Labute approximate surface area is 151 Å². The van der Waals surface area contributed by atoms with Crippen molar-refractivity contribution in [1.82, 2.24) is 5.16 Å². The van der Waals surface area contributed by atoms with Crippen molar-refractivity contribution in [2.75, 3.05) is 0 Å². The number of thioether (sulfide) groups is 1. The fourth-order valence-electron chi connectivity index (χ4n) is 2.25. The smallest absolute Gasteiger partial charge is 0.319 e. The molecule has 128 valence electrons. The summed E-state index contributed by atoms with van der Waals surface area (Å²) in [7, 11) is 0. The Balaban J connectivity index is 1.53. The molecule has 0 aliphatic heterocycles. The summed E-state index contributed by atoms with van der Waals surface area (Å²) in [6.07, 6.45) is 0. The maximum atomic E-state index is 12.2. The lowest BCUT2D eigenvalue weighted by Gasteiger charge is -2.10. The van der Waals surface area contributed by atoms with Gasteiger partial charge in [-0.05, 0) is 26.0 Å². The lowest BCUT2D eigenvalue weighted by Crippen LogP contribution is -2.16. The number of benzene rings is 2. The third-order valence-electron chi connectivity index (χ3n) is 3.65. The van der Waals surface area contributed by atoms with Crippen molar-refractivity contribution in [2.45, 2.75) is 30.6 Å². The fraction of sp³-hybridized carbons (Fsp3) is 0.200. The number of esters is 1. The van der Waals surface area contributed by atoms with Crippen molar-refractivity contribution in [2.24, 2.45) is 0 Å². The third kappa shape index (κ3) is 4.73. The molecule has 0 saturated carbocycles. The minimum atomic E-state index is -0.289. The summed E-state index contributed by atoms with van der Waals surface area (Å²) in [5, 5.41) is 3.67. The second kappa shape index (κ2) is 8.03. The first kappa shape index (κ1) is 17.3. The van der Waals surface area contributed by atoms with Gasteiger partial charge in [-0.1, -0.05) is 53.2 Å². The van der Waals surface area contributed by atoms with Crippen LogP contribution in [0.15, 0.2) is 70.1 Å². The van der Waals surface area contributed by atoms with Crippen molar-refractivity contribution in [1.29, 1.82) is 0 Å². The Bertz CT molecular complexity index is 828. The zero-order chi connectivity index (χ0) is 17.6. The molecule has 0 radical (unpaired) electrons. The molecule has 0 bridgehead atoms. The van der Waals surface area contributed by atoms with Crippen LogP contribution in [0.25, 0.3) is 11.3 Å². The molecule has 1 heterocycles. The van der Waals surface area contributed by atoms with Gasteiger partial charge in [0.2, 0.25) is 0 Å². The first-order chi connectivity index (χ1) is 12.1. The van der Waals surface area contributed by atoms with Crippen LogP contribution in [0.5, 0.6) is 0 Å². The monoisotopic (exact) mass is 353 g/mol. The van der Waals surface area contributed by atoms with Crippen LogP contribution in [0, 0.1) is 6.92 Å². The quantitative estimate of drug-likeness (QED) is 0.467. The Morgan fingerprint density at radius 3 is 2.60 bits per heavy atom. The number of nitrogens with zero attached hydrogens (tertiary/aromatic N) is 1. The highest BCUT2D eigenvalue weighted by Gasteiger charge is 2.17. The highest BCUT2D eigenvalue weighted by atomic mass is 32.2. The maximum Gasteiger partial charge on any atom is 0.319 e. The van der Waals surface area contributed by atoms with Gasteiger partial charge >= 0.3 is 5.97 Å². The molecule has 2 aromatic carbocycles. The number of ether oxygens (including phenoxy) is 1. The molecular formula is C20H19NO3S. The lowest BCUT2D eigenvalue weighted by molar-refractivity contribution is -0.144. The van der Waals surface area contributed by atoms with Crippen molar-refractivity contribution < 1.29 is 14.1 Å². The SMILES string of the molecule is Cc1ccc(S[C@@H](C)C(=O)OCc2cc(-c3ccccc3)on2)cc1. The molecule has 0 N–H and O–H groups in total. The molecule has 0 fully saturated rings.